The third-order valence-electron chi connectivity index (χ3n) is 2.51. The Labute approximate surface area is 132 Å². The molecule has 0 radical (unpaired) electrons. The van der Waals surface area contributed by atoms with Crippen LogP contribution in [0.4, 0.5) is 10.5 Å². The number of carbonyl (C=O) groups excluding carboxylic acids is 1. The number of hydrogen-bond donors (Lipinski definition) is 2. The summed E-state index contributed by atoms with van der Waals surface area (Å²) in [5, 5.41) is 11.8. The quantitative estimate of drug-likeness (QED) is 0.777. The number of carboxylic acid groups (broad SMARTS) is 1. The molecule has 1 rings (SSSR count). The molecular formula is C14H19IN2O3. The number of nitrogens with one attached hydrogen (secondary N) is 1. The molecule has 1 aromatic rings. The maximum absolute atomic E-state index is 12.1. The molecule has 110 valence electrons. The second kappa shape index (κ2) is 6.43. The Bertz CT molecular complexity index is 524. The minimum absolute atomic E-state index is 0.0201. The average molecular weight is 390 g/mol. The number of rotatable bonds is 3. The molecule has 0 aliphatic heterocycles. The molecule has 2 N–H and O–H groups in total. The van der Waals surface area contributed by atoms with E-state index in [0.29, 0.717) is 12.2 Å². The molecule has 0 heterocycles. The molecule has 0 atom stereocenters. The topological polar surface area (TPSA) is 69.6 Å². The summed E-state index contributed by atoms with van der Waals surface area (Å²) in [5.74, 6) is -1.06. The van der Waals surface area contributed by atoms with Gasteiger partial charge < -0.3 is 15.3 Å². The van der Waals surface area contributed by atoms with Crippen molar-refractivity contribution in [3.63, 3.8) is 0 Å². The van der Waals surface area contributed by atoms with Gasteiger partial charge in [0.05, 0.1) is 11.3 Å². The van der Waals surface area contributed by atoms with Crippen molar-refractivity contribution in [2.75, 3.05) is 18.9 Å². The lowest BCUT2D eigenvalue weighted by Gasteiger charge is -2.27. The molecule has 0 aliphatic carbocycles. The summed E-state index contributed by atoms with van der Waals surface area (Å²) in [4.78, 5) is 24.8. The van der Waals surface area contributed by atoms with Gasteiger partial charge in [-0.15, -0.1) is 0 Å². The highest BCUT2D eigenvalue weighted by molar-refractivity contribution is 14.1. The van der Waals surface area contributed by atoms with Crippen LogP contribution in [0.15, 0.2) is 18.2 Å². The normalized spacial score (nSPS) is 11.1. The van der Waals surface area contributed by atoms with Crippen LogP contribution in [-0.4, -0.2) is 35.6 Å². The first-order chi connectivity index (χ1) is 9.10. The van der Waals surface area contributed by atoms with Crippen LogP contribution >= 0.6 is 22.6 Å². The number of carboxylic acids is 1. The summed E-state index contributed by atoms with van der Waals surface area (Å²) in [6.45, 7) is 6.67. The van der Waals surface area contributed by atoms with Gasteiger partial charge in [0.15, 0.2) is 0 Å². The van der Waals surface area contributed by atoms with Crippen LogP contribution < -0.4 is 5.32 Å². The summed E-state index contributed by atoms with van der Waals surface area (Å²) < 4.78 is 0.807. The van der Waals surface area contributed by atoms with Crippen LogP contribution in [0, 0.1) is 8.99 Å². The lowest BCUT2D eigenvalue weighted by atomic mass is 9.96. The number of anilines is 1. The Hall–Kier alpha value is -1.31. The monoisotopic (exact) mass is 390 g/mol. The standard InChI is InChI=1S/C14H19IN2O3/c1-14(2,3)8-17(4)13(20)16-11-6-5-9(15)7-10(11)12(18)19/h5-7H,8H2,1-4H3,(H,16,20)(H,18,19). The van der Waals surface area contributed by atoms with Crippen LogP contribution in [0.5, 0.6) is 0 Å². The number of halogens is 1. The van der Waals surface area contributed by atoms with Crippen molar-refractivity contribution in [1.29, 1.82) is 0 Å². The van der Waals surface area contributed by atoms with E-state index in [4.69, 9.17) is 5.11 Å². The summed E-state index contributed by atoms with van der Waals surface area (Å²) >= 11 is 2.03. The van der Waals surface area contributed by atoms with Gasteiger partial charge in [0.25, 0.3) is 0 Å². The zero-order valence-electron chi connectivity index (χ0n) is 12.0. The first-order valence-electron chi connectivity index (χ1n) is 6.15. The number of nitrogens with zero attached hydrogens (tertiary/aromatic N) is 1. The average Bonchev–Trinajstić information content (AvgIpc) is 2.28. The zero-order chi connectivity index (χ0) is 15.5. The molecule has 0 bridgehead atoms. The van der Waals surface area contributed by atoms with E-state index in [1.165, 1.54) is 6.07 Å². The third-order valence-corrected chi connectivity index (χ3v) is 3.18. The molecule has 6 heteroatoms. The molecule has 0 saturated carbocycles. The summed E-state index contributed by atoms with van der Waals surface area (Å²) in [6.07, 6.45) is 0. The first-order valence-corrected chi connectivity index (χ1v) is 7.23. The summed E-state index contributed by atoms with van der Waals surface area (Å²) in [6, 6.07) is 4.58. The predicted octanol–water partition coefficient (Wildman–Crippen LogP) is 3.50. The highest BCUT2D eigenvalue weighted by atomic mass is 127. The third kappa shape index (κ3) is 4.99. The van der Waals surface area contributed by atoms with Crippen molar-refractivity contribution in [3.05, 3.63) is 27.3 Å². The van der Waals surface area contributed by atoms with Crippen molar-refractivity contribution >= 4 is 40.3 Å². The van der Waals surface area contributed by atoms with E-state index in [1.54, 1.807) is 24.1 Å². The van der Waals surface area contributed by atoms with Crippen LogP contribution in [0.25, 0.3) is 0 Å². The van der Waals surface area contributed by atoms with Gasteiger partial charge in [-0.2, -0.15) is 0 Å². The molecule has 0 unspecified atom stereocenters. The molecule has 0 aromatic heterocycles. The fourth-order valence-corrected chi connectivity index (χ4v) is 2.29. The van der Waals surface area contributed by atoms with Gasteiger partial charge in [-0.25, -0.2) is 9.59 Å². The number of amides is 2. The van der Waals surface area contributed by atoms with Gasteiger partial charge in [0, 0.05) is 17.2 Å². The minimum atomic E-state index is -1.06. The number of urea groups is 1. The number of hydrogen-bond acceptors (Lipinski definition) is 2. The molecule has 2 amide bonds. The lowest BCUT2D eigenvalue weighted by molar-refractivity contribution is 0.0698. The van der Waals surface area contributed by atoms with Crippen molar-refractivity contribution in [2.24, 2.45) is 5.41 Å². The van der Waals surface area contributed by atoms with E-state index in [1.807, 2.05) is 43.4 Å². The van der Waals surface area contributed by atoms with Crippen molar-refractivity contribution in [1.82, 2.24) is 4.90 Å². The second-order valence-electron chi connectivity index (χ2n) is 5.84. The number of aromatic carboxylic acids is 1. The largest absolute Gasteiger partial charge is 0.478 e. The van der Waals surface area contributed by atoms with Gasteiger partial charge in [0.2, 0.25) is 0 Å². The first kappa shape index (κ1) is 16.7. The van der Waals surface area contributed by atoms with Crippen LogP contribution in [0.2, 0.25) is 0 Å². The van der Waals surface area contributed by atoms with Crippen molar-refractivity contribution < 1.29 is 14.7 Å². The fraction of sp³-hybridized carbons (Fsp3) is 0.429. The Kier molecular flexibility index (Phi) is 5.38. The minimum Gasteiger partial charge on any atom is -0.478 e. The van der Waals surface area contributed by atoms with Crippen LogP contribution in [-0.2, 0) is 0 Å². The van der Waals surface area contributed by atoms with E-state index in [2.05, 4.69) is 5.32 Å². The van der Waals surface area contributed by atoms with E-state index in [0.717, 1.165) is 3.57 Å². The number of carbonyl (C=O) groups is 2. The van der Waals surface area contributed by atoms with Gasteiger partial charge in [-0.05, 0) is 46.2 Å². The Morgan fingerprint density at radius 1 is 1.35 bits per heavy atom. The van der Waals surface area contributed by atoms with E-state index in [-0.39, 0.29) is 17.0 Å². The molecule has 0 aliphatic rings. The maximum atomic E-state index is 12.1. The van der Waals surface area contributed by atoms with Gasteiger partial charge in [-0.1, -0.05) is 20.8 Å². The smallest absolute Gasteiger partial charge is 0.337 e. The Morgan fingerprint density at radius 2 is 1.95 bits per heavy atom. The van der Waals surface area contributed by atoms with Crippen LogP contribution in [0.3, 0.4) is 0 Å². The van der Waals surface area contributed by atoms with E-state index in [9.17, 15) is 9.59 Å². The van der Waals surface area contributed by atoms with Gasteiger partial charge in [-0.3, -0.25) is 0 Å². The molecule has 1 aromatic carbocycles. The second-order valence-corrected chi connectivity index (χ2v) is 7.09. The summed E-state index contributed by atoms with van der Waals surface area (Å²) in [7, 11) is 1.69. The molecule has 20 heavy (non-hydrogen) atoms. The number of benzene rings is 1. The van der Waals surface area contributed by atoms with E-state index >= 15 is 0 Å². The molecule has 5 nitrogen and oxygen atoms in total. The molecular weight excluding hydrogens is 371 g/mol. The lowest BCUT2D eigenvalue weighted by Crippen LogP contribution is -2.37. The Balaban J connectivity index is 2.88. The maximum Gasteiger partial charge on any atom is 0.337 e. The summed E-state index contributed by atoms with van der Waals surface area (Å²) in [5.41, 5.74) is 0.381. The zero-order valence-corrected chi connectivity index (χ0v) is 14.2. The fourth-order valence-electron chi connectivity index (χ4n) is 1.80. The van der Waals surface area contributed by atoms with E-state index < -0.39 is 5.97 Å². The molecule has 0 saturated heterocycles. The van der Waals surface area contributed by atoms with Crippen molar-refractivity contribution in [2.45, 2.75) is 20.8 Å². The van der Waals surface area contributed by atoms with Gasteiger partial charge >= 0.3 is 12.0 Å². The SMILES string of the molecule is CN(CC(C)(C)C)C(=O)Nc1ccc(I)cc1C(=O)O. The van der Waals surface area contributed by atoms with Crippen molar-refractivity contribution in [3.8, 4) is 0 Å². The van der Waals surface area contributed by atoms with Crippen LogP contribution in [0.1, 0.15) is 31.1 Å². The highest BCUT2D eigenvalue weighted by Gasteiger charge is 2.19. The molecule has 0 spiro atoms. The Morgan fingerprint density at radius 3 is 2.45 bits per heavy atom. The van der Waals surface area contributed by atoms with Gasteiger partial charge in [0.1, 0.15) is 0 Å². The predicted molar refractivity (Wildman–Crippen MR) is 87.2 cm³/mol. The highest BCUT2D eigenvalue weighted by Crippen LogP contribution is 2.20. The molecule has 0 fully saturated rings.